The van der Waals surface area contributed by atoms with Gasteiger partial charge in [0.15, 0.2) is 0 Å². The van der Waals surface area contributed by atoms with E-state index in [2.05, 4.69) is 10.3 Å². The van der Waals surface area contributed by atoms with E-state index in [1.807, 2.05) is 5.38 Å². The third-order valence-electron chi connectivity index (χ3n) is 1.59. The Morgan fingerprint density at radius 2 is 2.60 bits per heavy atom. The van der Waals surface area contributed by atoms with Crippen molar-refractivity contribution in [2.24, 2.45) is 0 Å². The molecule has 15 heavy (non-hydrogen) atoms. The van der Waals surface area contributed by atoms with Gasteiger partial charge in [-0.3, -0.25) is 4.79 Å². The number of nitrogens with zero attached hydrogens (tertiary/aromatic N) is 1. The van der Waals surface area contributed by atoms with Gasteiger partial charge in [-0.05, 0) is 0 Å². The Morgan fingerprint density at radius 1 is 1.80 bits per heavy atom. The van der Waals surface area contributed by atoms with Crippen LogP contribution in [-0.2, 0) is 15.3 Å². The third kappa shape index (κ3) is 4.30. The van der Waals surface area contributed by atoms with Gasteiger partial charge in [-0.1, -0.05) is 0 Å². The molecule has 1 heterocycles. The zero-order valence-corrected chi connectivity index (χ0v) is 9.38. The topological polar surface area (TPSA) is 79.3 Å². The number of amides is 1. The van der Waals surface area contributed by atoms with Gasteiger partial charge >= 0.3 is 5.97 Å². The number of carbonyl (C=O) groups is 2. The highest BCUT2D eigenvalue weighted by Crippen LogP contribution is 2.13. The van der Waals surface area contributed by atoms with E-state index in [-0.39, 0.29) is 0 Å². The minimum absolute atomic E-state index is 0.339. The van der Waals surface area contributed by atoms with E-state index >= 15 is 0 Å². The van der Waals surface area contributed by atoms with Crippen LogP contribution in [-0.4, -0.2) is 34.3 Å². The first-order valence-electron chi connectivity index (χ1n) is 4.11. The highest BCUT2D eigenvalue weighted by atomic mass is 32.2. The highest BCUT2D eigenvalue weighted by molar-refractivity contribution is 7.98. The summed E-state index contributed by atoms with van der Waals surface area (Å²) in [6, 6.07) is -0.828. The molecule has 0 saturated carbocycles. The lowest BCUT2D eigenvalue weighted by molar-refractivity contribution is -0.139. The molecule has 1 unspecified atom stereocenters. The quantitative estimate of drug-likeness (QED) is 0.688. The summed E-state index contributed by atoms with van der Waals surface area (Å²) in [4.78, 5) is 24.8. The lowest BCUT2D eigenvalue weighted by atomic mass is 10.3. The Bertz CT molecular complexity index is 316. The van der Waals surface area contributed by atoms with E-state index in [1.165, 1.54) is 23.1 Å². The number of hydrogen-bond acceptors (Lipinski definition) is 5. The summed E-state index contributed by atoms with van der Waals surface area (Å²) < 4.78 is 0. The van der Waals surface area contributed by atoms with Crippen LogP contribution >= 0.6 is 23.1 Å². The van der Waals surface area contributed by atoms with E-state index in [0.717, 1.165) is 5.69 Å². The molecule has 0 bridgehead atoms. The Morgan fingerprint density at radius 3 is 3.13 bits per heavy atom. The van der Waals surface area contributed by atoms with Gasteiger partial charge in [0, 0.05) is 16.9 Å². The number of hydrogen-bond donors (Lipinski definition) is 2. The van der Waals surface area contributed by atoms with Crippen molar-refractivity contribution in [2.45, 2.75) is 11.8 Å². The molecule has 5 nitrogen and oxygen atoms in total. The fourth-order valence-corrected chi connectivity index (χ4v) is 2.49. The van der Waals surface area contributed by atoms with E-state index in [4.69, 9.17) is 5.11 Å². The molecule has 1 aromatic heterocycles. The average Bonchev–Trinajstić information content (AvgIpc) is 2.69. The number of aromatic nitrogens is 1. The van der Waals surface area contributed by atoms with E-state index in [1.54, 1.807) is 5.51 Å². The first-order valence-corrected chi connectivity index (χ1v) is 6.21. The van der Waals surface area contributed by atoms with Crippen molar-refractivity contribution in [2.75, 3.05) is 5.75 Å². The summed E-state index contributed by atoms with van der Waals surface area (Å²) in [5.41, 5.74) is 2.66. The van der Waals surface area contributed by atoms with Crippen LogP contribution in [0.25, 0.3) is 0 Å². The molecule has 0 aliphatic carbocycles. The summed E-state index contributed by atoms with van der Waals surface area (Å²) in [5.74, 6) is -0.0211. The number of thioether (sulfide) groups is 1. The Balaban J connectivity index is 2.28. The predicted octanol–water partition coefficient (Wildman–Crippen LogP) is 0.575. The van der Waals surface area contributed by atoms with Crippen LogP contribution < -0.4 is 5.32 Å². The second kappa shape index (κ2) is 6.41. The first kappa shape index (κ1) is 12.0. The van der Waals surface area contributed by atoms with Crippen LogP contribution in [0.3, 0.4) is 0 Å². The largest absolute Gasteiger partial charge is 0.480 e. The highest BCUT2D eigenvalue weighted by Gasteiger charge is 2.15. The fourth-order valence-electron chi connectivity index (χ4n) is 0.863. The first-order chi connectivity index (χ1) is 7.24. The normalized spacial score (nSPS) is 12.0. The minimum atomic E-state index is -1.02. The predicted molar refractivity (Wildman–Crippen MR) is 58.9 cm³/mol. The molecule has 7 heteroatoms. The van der Waals surface area contributed by atoms with Crippen molar-refractivity contribution in [3.8, 4) is 0 Å². The number of rotatable bonds is 7. The molecular formula is C8H10N2O3S2. The monoisotopic (exact) mass is 246 g/mol. The molecule has 1 atom stereocenters. The SMILES string of the molecule is O=CNC(CSCc1cscn1)C(=O)O. The molecule has 2 N–H and O–H groups in total. The molecular weight excluding hydrogens is 236 g/mol. The molecule has 0 aromatic carbocycles. The summed E-state index contributed by atoms with van der Waals surface area (Å²) in [6.07, 6.45) is 0.405. The van der Waals surface area contributed by atoms with Gasteiger partial charge in [-0.2, -0.15) is 11.8 Å². The molecule has 0 fully saturated rings. The maximum atomic E-state index is 10.6. The lowest BCUT2D eigenvalue weighted by Crippen LogP contribution is -2.37. The van der Waals surface area contributed by atoms with E-state index in [0.29, 0.717) is 17.9 Å². The van der Waals surface area contributed by atoms with Crippen molar-refractivity contribution in [3.05, 3.63) is 16.6 Å². The van der Waals surface area contributed by atoms with Gasteiger partial charge in [0.05, 0.1) is 11.2 Å². The molecule has 82 valence electrons. The summed E-state index contributed by atoms with van der Waals surface area (Å²) in [7, 11) is 0. The van der Waals surface area contributed by atoms with Crippen molar-refractivity contribution in [1.29, 1.82) is 0 Å². The van der Waals surface area contributed by atoms with Crippen LogP contribution in [0.15, 0.2) is 10.9 Å². The molecule has 0 aliphatic heterocycles. The molecule has 0 spiro atoms. The van der Waals surface area contributed by atoms with Gasteiger partial charge in [0.2, 0.25) is 6.41 Å². The molecule has 0 aliphatic rings. The second-order valence-corrected chi connectivity index (χ2v) is 4.42. The molecule has 1 aromatic rings. The lowest BCUT2D eigenvalue weighted by Gasteiger charge is -2.09. The molecule has 1 rings (SSSR count). The van der Waals surface area contributed by atoms with Gasteiger partial charge in [-0.15, -0.1) is 11.3 Å². The van der Waals surface area contributed by atoms with Crippen molar-refractivity contribution < 1.29 is 14.7 Å². The number of carboxylic acids is 1. The maximum absolute atomic E-state index is 10.6. The number of thiazole rings is 1. The van der Waals surface area contributed by atoms with Crippen LogP contribution in [0.4, 0.5) is 0 Å². The van der Waals surface area contributed by atoms with Gasteiger partial charge < -0.3 is 10.4 Å². The number of aliphatic carboxylic acids is 1. The molecule has 0 radical (unpaired) electrons. The van der Waals surface area contributed by atoms with Gasteiger partial charge in [-0.25, -0.2) is 9.78 Å². The fraction of sp³-hybridized carbons (Fsp3) is 0.375. The van der Waals surface area contributed by atoms with Crippen molar-refractivity contribution in [3.63, 3.8) is 0 Å². The average molecular weight is 246 g/mol. The van der Waals surface area contributed by atoms with Crippen LogP contribution in [0.5, 0.6) is 0 Å². The summed E-state index contributed by atoms with van der Waals surface area (Å²) in [6.45, 7) is 0. The van der Waals surface area contributed by atoms with Crippen LogP contribution in [0.2, 0.25) is 0 Å². The van der Waals surface area contributed by atoms with Crippen LogP contribution in [0, 0.1) is 0 Å². The third-order valence-corrected chi connectivity index (χ3v) is 3.29. The summed E-state index contributed by atoms with van der Waals surface area (Å²) in [5, 5.41) is 12.9. The van der Waals surface area contributed by atoms with E-state index in [9.17, 15) is 9.59 Å². The summed E-state index contributed by atoms with van der Waals surface area (Å²) >= 11 is 2.93. The van der Waals surface area contributed by atoms with Crippen molar-refractivity contribution >= 4 is 35.5 Å². The number of carbonyl (C=O) groups excluding carboxylic acids is 1. The van der Waals surface area contributed by atoms with Gasteiger partial charge in [0.25, 0.3) is 0 Å². The van der Waals surface area contributed by atoms with Crippen LogP contribution in [0.1, 0.15) is 5.69 Å². The minimum Gasteiger partial charge on any atom is -0.480 e. The van der Waals surface area contributed by atoms with Crippen molar-refractivity contribution in [1.82, 2.24) is 10.3 Å². The number of carboxylic acid groups (broad SMARTS) is 1. The Kier molecular flexibility index (Phi) is 5.13. The zero-order valence-electron chi connectivity index (χ0n) is 7.75. The smallest absolute Gasteiger partial charge is 0.327 e. The second-order valence-electron chi connectivity index (χ2n) is 2.67. The Labute approximate surface area is 94.9 Å². The standard InChI is InChI=1S/C8H10N2O3S2/c11-4-9-7(8(12)13)3-14-1-6-2-15-5-10-6/h2,4-5,7H,1,3H2,(H,9,11)(H,12,13). The number of nitrogens with one attached hydrogen (secondary N) is 1. The van der Waals surface area contributed by atoms with E-state index < -0.39 is 12.0 Å². The Hall–Kier alpha value is -1.08. The molecule has 0 saturated heterocycles. The zero-order chi connectivity index (χ0) is 11.1. The maximum Gasteiger partial charge on any atom is 0.327 e. The molecule has 1 amide bonds. The van der Waals surface area contributed by atoms with Gasteiger partial charge in [0.1, 0.15) is 6.04 Å².